The molecular formula is C19H18ClFN2O4S. The summed E-state index contributed by atoms with van der Waals surface area (Å²) in [4.78, 5) is 14.4. The van der Waals surface area contributed by atoms with E-state index in [2.05, 4.69) is 0 Å². The van der Waals surface area contributed by atoms with Gasteiger partial charge in [-0.3, -0.25) is 4.79 Å². The average Bonchev–Trinajstić information content (AvgIpc) is 2.67. The number of nitrogens with zero attached hydrogens (tertiary/aromatic N) is 2. The van der Waals surface area contributed by atoms with Crippen molar-refractivity contribution < 1.29 is 22.3 Å². The van der Waals surface area contributed by atoms with Gasteiger partial charge >= 0.3 is 0 Å². The highest BCUT2D eigenvalue weighted by molar-refractivity contribution is 7.89. The number of sulfonamides is 1. The summed E-state index contributed by atoms with van der Waals surface area (Å²) >= 11 is 6.13. The molecule has 9 heteroatoms. The van der Waals surface area contributed by atoms with Crippen LogP contribution in [-0.4, -0.2) is 61.9 Å². The molecule has 1 amide bonds. The second kappa shape index (κ2) is 7.44. The largest absolute Gasteiger partial charge is 0.369 e. The van der Waals surface area contributed by atoms with Crippen LogP contribution < -0.4 is 0 Å². The Morgan fingerprint density at radius 3 is 2.36 bits per heavy atom. The minimum Gasteiger partial charge on any atom is -0.369 e. The van der Waals surface area contributed by atoms with E-state index in [0.717, 1.165) is 6.07 Å². The van der Waals surface area contributed by atoms with Gasteiger partial charge in [0, 0.05) is 26.2 Å². The van der Waals surface area contributed by atoms with Crippen LogP contribution >= 0.6 is 11.6 Å². The lowest BCUT2D eigenvalue weighted by atomic mass is 10.1. The van der Waals surface area contributed by atoms with E-state index in [9.17, 15) is 17.6 Å². The molecule has 2 aliphatic heterocycles. The molecule has 2 aliphatic rings. The number of carbonyl (C=O) groups excluding carboxylic acids is 1. The van der Waals surface area contributed by atoms with E-state index < -0.39 is 28.0 Å². The number of fused-ring (bicyclic) bond motifs is 2. The Balaban J connectivity index is 1.51. The van der Waals surface area contributed by atoms with Gasteiger partial charge in [0.2, 0.25) is 10.0 Å². The second-order valence-electron chi connectivity index (χ2n) is 6.85. The molecule has 2 fully saturated rings. The van der Waals surface area contributed by atoms with Crippen LogP contribution in [0.1, 0.15) is 10.4 Å². The van der Waals surface area contributed by atoms with E-state index in [-0.39, 0.29) is 37.0 Å². The van der Waals surface area contributed by atoms with Gasteiger partial charge in [0.1, 0.15) is 5.82 Å². The zero-order valence-corrected chi connectivity index (χ0v) is 16.4. The summed E-state index contributed by atoms with van der Waals surface area (Å²) in [6, 6.07) is 11.8. The van der Waals surface area contributed by atoms with Gasteiger partial charge in [-0.15, -0.1) is 0 Å². The van der Waals surface area contributed by atoms with Gasteiger partial charge in [0.25, 0.3) is 5.91 Å². The highest BCUT2D eigenvalue weighted by Gasteiger charge is 2.41. The van der Waals surface area contributed by atoms with Crippen LogP contribution in [-0.2, 0) is 14.8 Å². The molecule has 28 heavy (non-hydrogen) atoms. The molecule has 2 atom stereocenters. The topological polar surface area (TPSA) is 66.9 Å². The van der Waals surface area contributed by atoms with Gasteiger partial charge in [-0.1, -0.05) is 29.8 Å². The standard InChI is InChI=1S/C19H18ClFN2O4S/c20-18-7-2-1-6-17(18)19(24)22-9-14-11-23(12-15(10-22)27-14)28(25,26)16-5-3-4-13(21)8-16/h1-8,14-15H,9-12H2/t14-,15+. The van der Waals surface area contributed by atoms with Crippen molar-refractivity contribution in [3.63, 3.8) is 0 Å². The molecule has 0 aliphatic carbocycles. The molecule has 2 aromatic carbocycles. The van der Waals surface area contributed by atoms with Crippen molar-refractivity contribution in [2.24, 2.45) is 0 Å². The van der Waals surface area contributed by atoms with Crippen LogP contribution in [0.4, 0.5) is 4.39 Å². The summed E-state index contributed by atoms with van der Waals surface area (Å²) < 4.78 is 46.3. The first kappa shape index (κ1) is 19.3. The van der Waals surface area contributed by atoms with Gasteiger partial charge in [-0.2, -0.15) is 4.31 Å². The third kappa shape index (κ3) is 3.65. The molecule has 2 saturated heterocycles. The smallest absolute Gasteiger partial charge is 0.255 e. The Morgan fingerprint density at radius 1 is 1.04 bits per heavy atom. The Morgan fingerprint density at radius 2 is 1.71 bits per heavy atom. The average molecular weight is 425 g/mol. The minimum absolute atomic E-state index is 0.0866. The number of hydrogen-bond acceptors (Lipinski definition) is 4. The zero-order valence-electron chi connectivity index (χ0n) is 14.8. The molecule has 0 saturated carbocycles. The van der Waals surface area contributed by atoms with Gasteiger partial charge in [0.05, 0.1) is 27.7 Å². The van der Waals surface area contributed by atoms with Crippen LogP contribution in [0.3, 0.4) is 0 Å². The van der Waals surface area contributed by atoms with Gasteiger partial charge in [-0.25, -0.2) is 12.8 Å². The first-order valence-corrected chi connectivity index (χ1v) is 10.6. The monoisotopic (exact) mass is 424 g/mol. The normalized spacial score (nSPS) is 22.9. The summed E-state index contributed by atoms with van der Waals surface area (Å²) in [6.45, 7) is 0.717. The number of hydrogen-bond donors (Lipinski definition) is 0. The summed E-state index contributed by atoms with van der Waals surface area (Å²) in [5.74, 6) is -0.809. The van der Waals surface area contributed by atoms with Crippen molar-refractivity contribution in [1.29, 1.82) is 0 Å². The van der Waals surface area contributed by atoms with Gasteiger partial charge in [0.15, 0.2) is 0 Å². The molecule has 2 heterocycles. The SMILES string of the molecule is O=C(c1ccccc1Cl)N1C[C@@H]2CN(S(=O)(=O)c3cccc(F)c3)C[C@H](C1)O2. The van der Waals surface area contributed by atoms with E-state index in [1.54, 1.807) is 29.2 Å². The number of ether oxygens (including phenoxy) is 1. The van der Waals surface area contributed by atoms with Crippen molar-refractivity contribution >= 4 is 27.5 Å². The van der Waals surface area contributed by atoms with Crippen LogP contribution in [0.2, 0.25) is 5.02 Å². The summed E-state index contributed by atoms with van der Waals surface area (Å²) in [5.41, 5.74) is 0.411. The molecule has 0 unspecified atom stereocenters. The molecule has 148 valence electrons. The Kier molecular flexibility index (Phi) is 5.13. The Labute approximate surface area is 167 Å². The van der Waals surface area contributed by atoms with Gasteiger partial charge < -0.3 is 9.64 Å². The lowest BCUT2D eigenvalue weighted by molar-refractivity contribution is -0.113. The number of morpholine rings is 2. The minimum atomic E-state index is -3.83. The number of halogens is 2. The fraction of sp³-hybridized carbons (Fsp3) is 0.316. The maximum absolute atomic E-state index is 13.5. The van der Waals surface area contributed by atoms with Crippen molar-refractivity contribution in [1.82, 2.24) is 9.21 Å². The first-order valence-electron chi connectivity index (χ1n) is 8.79. The number of rotatable bonds is 3. The van der Waals surface area contributed by atoms with E-state index >= 15 is 0 Å². The molecule has 0 N–H and O–H groups in total. The summed E-state index contributed by atoms with van der Waals surface area (Å²) in [5, 5.41) is 0.374. The molecular weight excluding hydrogens is 407 g/mol. The summed E-state index contributed by atoms with van der Waals surface area (Å²) in [7, 11) is -3.83. The highest BCUT2D eigenvalue weighted by Crippen LogP contribution is 2.27. The lowest BCUT2D eigenvalue weighted by Gasteiger charge is -2.45. The highest BCUT2D eigenvalue weighted by atomic mass is 35.5. The third-order valence-electron chi connectivity index (χ3n) is 4.87. The van der Waals surface area contributed by atoms with Gasteiger partial charge in [-0.05, 0) is 30.3 Å². The van der Waals surface area contributed by atoms with Crippen LogP contribution in [0.15, 0.2) is 53.4 Å². The maximum Gasteiger partial charge on any atom is 0.255 e. The number of amides is 1. The molecule has 6 nitrogen and oxygen atoms in total. The molecule has 0 aromatic heterocycles. The Hall–Kier alpha value is -2.00. The molecule has 2 bridgehead atoms. The predicted octanol–water partition coefficient (Wildman–Crippen LogP) is 2.39. The fourth-order valence-electron chi connectivity index (χ4n) is 3.60. The first-order chi connectivity index (χ1) is 13.3. The van der Waals surface area contributed by atoms with Crippen LogP contribution in [0.5, 0.6) is 0 Å². The fourth-order valence-corrected chi connectivity index (χ4v) is 5.35. The number of carbonyl (C=O) groups is 1. The van der Waals surface area contributed by atoms with E-state index in [4.69, 9.17) is 16.3 Å². The van der Waals surface area contributed by atoms with Crippen LogP contribution in [0.25, 0.3) is 0 Å². The van der Waals surface area contributed by atoms with Crippen molar-refractivity contribution in [2.45, 2.75) is 17.1 Å². The molecule has 2 aromatic rings. The molecule has 4 rings (SSSR count). The summed E-state index contributed by atoms with van der Waals surface area (Å²) in [6.07, 6.45) is -0.912. The van der Waals surface area contributed by atoms with E-state index in [1.807, 2.05) is 0 Å². The maximum atomic E-state index is 13.5. The van der Waals surface area contributed by atoms with Crippen LogP contribution in [0, 0.1) is 5.82 Å². The molecule has 0 spiro atoms. The zero-order chi connectivity index (χ0) is 19.9. The predicted molar refractivity (Wildman–Crippen MR) is 101 cm³/mol. The number of benzene rings is 2. The second-order valence-corrected chi connectivity index (χ2v) is 9.19. The van der Waals surface area contributed by atoms with Crippen molar-refractivity contribution in [3.05, 3.63) is 64.9 Å². The van der Waals surface area contributed by atoms with Crippen molar-refractivity contribution in [2.75, 3.05) is 26.2 Å². The van der Waals surface area contributed by atoms with E-state index in [1.165, 1.54) is 22.5 Å². The van der Waals surface area contributed by atoms with Crippen molar-refractivity contribution in [3.8, 4) is 0 Å². The third-order valence-corrected chi connectivity index (χ3v) is 7.03. The molecule has 0 radical (unpaired) electrons. The Bertz CT molecular complexity index is 1000. The van der Waals surface area contributed by atoms with E-state index in [0.29, 0.717) is 10.6 Å². The lowest BCUT2D eigenvalue weighted by Crippen LogP contribution is -2.61. The quantitative estimate of drug-likeness (QED) is 0.758.